The van der Waals surface area contributed by atoms with Crippen LogP contribution in [-0.4, -0.2) is 24.2 Å². The summed E-state index contributed by atoms with van der Waals surface area (Å²) in [6.45, 7) is 10.6. The Balaban J connectivity index is 4.58. The Morgan fingerprint density at radius 3 is 1.65 bits per heavy atom. The zero-order valence-electron chi connectivity index (χ0n) is 11.4. The van der Waals surface area contributed by atoms with Crippen LogP contribution in [0.2, 0.25) is 0 Å². The van der Waals surface area contributed by atoms with E-state index in [-0.39, 0.29) is 24.2 Å². The van der Waals surface area contributed by atoms with Crippen molar-refractivity contribution in [2.75, 3.05) is 5.90 Å². The Morgan fingerprint density at radius 2 is 1.35 bits per heavy atom. The summed E-state index contributed by atoms with van der Waals surface area (Å²) in [5, 5.41) is 0. The van der Waals surface area contributed by atoms with E-state index >= 15 is 0 Å². The van der Waals surface area contributed by atoms with Gasteiger partial charge in [0.25, 0.3) is 5.90 Å². The molecule has 0 heterocycles. The molecule has 0 aromatic carbocycles. The fourth-order valence-corrected chi connectivity index (χ4v) is 4.88. The third-order valence-electron chi connectivity index (χ3n) is 1.36. The van der Waals surface area contributed by atoms with Gasteiger partial charge in [0.2, 0.25) is 0 Å². The summed E-state index contributed by atoms with van der Waals surface area (Å²) < 4.78 is 39.6. The Bertz CT molecular complexity index is 274. The van der Waals surface area contributed by atoms with Gasteiger partial charge in [0.1, 0.15) is 6.10 Å². The molecule has 0 aliphatic heterocycles. The van der Waals surface area contributed by atoms with Crippen LogP contribution < -0.4 is 0 Å². The van der Waals surface area contributed by atoms with Gasteiger partial charge in [-0.15, -0.1) is 4.52 Å². The average Bonchev–Trinajstić information content (AvgIpc) is 1.95. The van der Waals surface area contributed by atoms with E-state index in [1.807, 2.05) is 0 Å². The van der Waals surface area contributed by atoms with Crippen LogP contribution in [0.25, 0.3) is 0 Å². The van der Waals surface area contributed by atoms with E-state index in [1.165, 1.54) is 0 Å². The third kappa shape index (κ3) is 8.87. The van der Waals surface area contributed by atoms with Gasteiger partial charge >= 0.3 is 15.6 Å². The van der Waals surface area contributed by atoms with E-state index in [0.717, 1.165) is 0 Å². The first-order valence-electron chi connectivity index (χ1n) is 5.72. The fraction of sp³-hybridized carbons (Fsp3) is 1.00. The second-order valence-corrected chi connectivity index (χ2v) is 8.20. The zero-order chi connectivity index (χ0) is 13.6. The Hall–Kier alpha value is 0.210. The molecule has 1 unspecified atom stereocenters. The standard InChI is InChI=1S/C10H23O5P2/c1-8(2)13-16(11)7-17(12,14-9(3)4)15-10(5)6/h8-10H,7H2,1-6H3/q+1. The second-order valence-electron chi connectivity index (χ2n) is 4.55. The molecule has 0 aromatic heterocycles. The third-order valence-corrected chi connectivity index (χ3v) is 5.81. The van der Waals surface area contributed by atoms with Crippen molar-refractivity contribution in [2.24, 2.45) is 0 Å². The van der Waals surface area contributed by atoms with Gasteiger partial charge in [-0.05, 0) is 46.1 Å². The normalized spacial score (nSPS) is 13.8. The summed E-state index contributed by atoms with van der Waals surface area (Å²) in [6.07, 6.45) is -0.672. The highest BCUT2D eigenvalue weighted by Gasteiger charge is 2.39. The molecule has 0 aliphatic carbocycles. The van der Waals surface area contributed by atoms with E-state index < -0.39 is 15.6 Å². The molecule has 0 radical (unpaired) electrons. The summed E-state index contributed by atoms with van der Waals surface area (Å²) in [4.78, 5) is 0. The first-order chi connectivity index (χ1) is 7.64. The van der Waals surface area contributed by atoms with E-state index in [9.17, 15) is 9.13 Å². The second kappa shape index (κ2) is 7.60. The lowest BCUT2D eigenvalue weighted by Gasteiger charge is -2.19. The molecule has 0 aliphatic rings. The lowest BCUT2D eigenvalue weighted by atomic mass is 10.5. The van der Waals surface area contributed by atoms with Gasteiger partial charge in [-0.2, -0.15) is 0 Å². The molecule has 0 rings (SSSR count). The van der Waals surface area contributed by atoms with E-state index in [4.69, 9.17) is 13.6 Å². The van der Waals surface area contributed by atoms with Crippen molar-refractivity contribution in [1.29, 1.82) is 0 Å². The molecule has 0 bridgehead atoms. The van der Waals surface area contributed by atoms with Crippen molar-refractivity contribution in [3.63, 3.8) is 0 Å². The van der Waals surface area contributed by atoms with Crippen LogP contribution in [-0.2, 0) is 22.7 Å². The molecule has 0 saturated carbocycles. The Morgan fingerprint density at radius 1 is 0.941 bits per heavy atom. The van der Waals surface area contributed by atoms with Crippen LogP contribution in [0.15, 0.2) is 0 Å². The smallest absolute Gasteiger partial charge is 0.303 e. The maximum atomic E-state index is 12.3. The van der Waals surface area contributed by atoms with Gasteiger partial charge in [0.05, 0.1) is 12.2 Å². The van der Waals surface area contributed by atoms with Crippen LogP contribution >= 0.6 is 15.6 Å². The monoisotopic (exact) mass is 285 g/mol. The molecular weight excluding hydrogens is 262 g/mol. The summed E-state index contributed by atoms with van der Waals surface area (Å²) in [6, 6.07) is 0. The van der Waals surface area contributed by atoms with Crippen molar-refractivity contribution < 1.29 is 22.7 Å². The van der Waals surface area contributed by atoms with Crippen LogP contribution in [0, 0.1) is 0 Å². The first kappa shape index (κ1) is 17.2. The van der Waals surface area contributed by atoms with Gasteiger partial charge in [-0.25, -0.2) is 0 Å². The van der Waals surface area contributed by atoms with E-state index in [0.29, 0.717) is 0 Å². The number of hydrogen-bond acceptors (Lipinski definition) is 5. The molecule has 0 saturated heterocycles. The minimum absolute atomic E-state index is 0.176. The molecule has 0 spiro atoms. The quantitative estimate of drug-likeness (QED) is 0.627. The highest BCUT2D eigenvalue weighted by molar-refractivity contribution is 7.65. The minimum atomic E-state index is -3.35. The molecule has 0 N–H and O–H groups in total. The largest absolute Gasteiger partial charge is 0.521 e. The van der Waals surface area contributed by atoms with E-state index in [2.05, 4.69) is 0 Å². The summed E-state index contributed by atoms with van der Waals surface area (Å²) in [7, 11) is -5.38. The molecule has 17 heavy (non-hydrogen) atoms. The highest BCUT2D eigenvalue weighted by atomic mass is 31.2. The molecule has 102 valence electrons. The van der Waals surface area contributed by atoms with Gasteiger partial charge in [0.15, 0.2) is 0 Å². The topological polar surface area (TPSA) is 61.8 Å². The van der Waals surface area contributed by atoms with Crippen molar-refractivity contribution in [3.8, 4) is 0 Å². The van der Waals surface area contributed by atoms with Crippen molar-refractivity contribution in [2.45, 2.75) is 59.9 Å². The van der Waals surface area contributed by atoms with Gasteiger partial charge in [-0.3, -0.25) is 4.57 Å². The van der Waals surface area contributed by atoms with Crippen molar-refractivity contribution >= 4 is 15.6 Å². The molecule has 0 aromatic rings. The Labute approximate surface area is 105 Å². The summed E-state index contributed by atoms with van der Waals surface area (Å²) >= 11 is 0. The van der Waals surface area contributed by atoms with Gasteiger partial charge in [0, 0.05) is 0 Å². The lowest BCUT2D eigenvalue weighted by molar-refractivity contribution is 0.144. The zero-order valence-corrected chi connectivity index (χ0v) is 13.2. The SMILES string of the molecule is CC(C)O[P+](=O)CP(=O)(OC(C)C)OC(C)C. The highest BCUT2D eigenvalue weighted by Crippen LogP contribution is 2.56. The average molecular weight is 285 g/mol. The predicted molar refractivity (Wildman–Crippen MR) is 68.7 cm³/mol. The van der Waals surface area contributed by atoms with Gasteiger partial charge < -0.3 is 9.05 Å². The van der Waals surface area contributed by atoms with Crippen LogP contribution in [0.1, 0.15) is 41.5 Å². The number of rotatable bonds is 8. The summed E-state index contributed by atoms with van der Waals surface area (Å²) in [5.41, 5.74) is 0. The van der Waals surface area contributed by atoms with E-state index in [1.54, 1.807) is 41.5 Å². The molecular formula is C10H23O5P2+. The molecule has 1 atom stereocenters. The summed E-state index contributed by atoms with van der Waals surface area (Å²) in [5.74, 6) is -0.198. The minimum Gasteiger partial charge on any atom is -0.303 e. The Kier molecular flexibility index (Phi) is 7.70. The van der Waals surface area contributed by atoms with Crippen LogP contribution in [0.3, 0.4) is 0 Å². The fourth-order valence-electron chi connectivity index (χ4n) is 1.14. The maximum Gasteiger partial charge on any atom is 0.521 e. The lowest BCUT2D eigenvalue weighted by Crippen LogP contribution is -2.10. The first-order valence-corrected chi connectivity index (χ1v) is 8.81. The van der Waals surface area contributed by atoms with Crippen LogP contribution in [0.5, 0.6) is 0 Å². The van der Waals surface area contributed by atoms with Crippen molar-refractivity contribution in [1.82, 2.24) is 0 Å². The number of hydrogen-bond donors (Lipinski definition) is 0. The molecule has 0 fully saturated rings. The molecule has 0 amide bonds. The maximum absolute atomic E-state index is 12.3. The van der Waals surface area contributed by atoms with Gasteiger partial charge in [-0.1, -0.05) is 0 Å². The molecule has 7 heteroatoms. The van der Waals surface area contributed by atoms with Crippen LogP contribution in [0.4, 0.5) is 0 Å². The van der Waals surface area contributed by atoms with Crippen molar-refractivity contribution in [3.05, 3.63) is 0 Å². The molecule has 5 nitrogen and oxygen atoms in total. The predicted octanol–water partition coefficient (Wildman–Crippen LogP) is 4.15.